The van der Waals surface area contributed by atoms with E-state index in [2.05, 4.69) is 17.9 Å². The Morgan fingerprint density at radius 2 is 2.29 bits per heavy atom. The number of anilines is 1. The van der Waals surface area contributed by atoms with Gasteiger partial charge in [0, 0.05) is 12.2 Å². The minimum Gasteiger partial charge on any atom is -0.384 e. The Bertz CT molecular complexity index is 543. The largest absolute Gasteiger partial charge is 0.384 e. The molecule has 1 aliphatic carbocycles. The molecule has 1 fully saturated rings. The summed E-state index contributed by atoms with van der Waals surface area (Å²) < 4.78 is 5.58. The van der Waals surface area contributed by atoms with Crippen molar-refractivity contribution in [1.29, 1.82) is 5.41 Å². The van der Waals surface area contributed by atoms with Gasteiger partial charge in [-0.1, -0.05) is 6.92 Å². The first-order chi connectivity index (χ1) is 10.2. The number of nitrogens with zero attached hydrogens (tertiary/aromatic N) is 2. The van der Waals surface area contributed by atoms with Gasteiger partial charge in [-0.25, -0.2) is 4.98 Å². The van der Waals surface area contributed by atoms with Crippen LogP contribution in [0.4, 0.5) is 5.82 Å². The first kappa shape index (κ1) is 14.3. The number of pyridine rings is 1. The Kier molecular flexibility index (Phi) is 4.10. The second-order valence-corrected chi connectivity index (χ2v) is 5.92. The van der Waals surface area contributed by atoms with Gasteiger partial charge in [0.05, 0.1) is 24.8 Å². The molecule has 5 heteroatoms. The van der Waals surface area contributed by atoms with Gasteiger partial charge in [0.1, 0.15) is 11.7 Å². The van der Waals surface area contributed by atoms with E-state index >= 15 is 0 Å². The zero-order valence-electron chi connectivity index (χ0n) is 12.7. The van der Waals surface area contributed by atoms with E-state index in [1.807, 2.05) is 0 Å². The van der Waals surface area contributed by atoms with Gasteiger partial charge in [0.2, 0.25) is 0 Å². The average molecular weight is 288 g/mol. The van der Waals surface area contributed by atoms with Crippen molar-refractivity contribution in [2.45, 2.75) is 45.1 Å². The number of nitrogen functional groups attached to an aromatic ring is 1. The summed E-state index contributed by atoms with van der Waals surface area (Å²) in [5, 5.41) is 7.92. The number of hydrogen-bond donors (Lipinski definition) is 2. The summed E-state index contributed by atoms with van der Waals surface area (Å²) in [6.45, 7) is 4.43. The number of fused-ring (bicyclic) bond motifs is 1. The van der Waals surface area contributed by atoms with Gasteiger partial charge in [-0.2, -0.15) is 0 Å². The minimum absolute atomic E-state index is 0.118. The van der Waals surface area contributed by atoms with E-state index in [4.69, 9.17) is 20.9 Å². The van der Waals surface area contributed by atoms with E-state index < -0.39 is 0 Å². The van der Waals surface area contributed by atoms with Crippen LogP contribution in [0.1, 0.15) is 43.0 Å². The number of nitrogens with two attached hydrogens (primary N) is 1. The standard InChI is InChI=1S/C16H24N4O/c1-2-12-10-21-8-7-20(12)16-13(15(17)18)9-11-5-3-4-6-14(11)19-16/h9,12H,2-8,10H2,1H3,(H3,17,18). The number of aryl methyl sites for hydroxylation is 2. The fourth-order valence-electron chi connectivity index (χ4n) is 3.31. The summed E-state index contributed by atoms with van der Waals surface area (Å²) in [6, 6.07) is 2.42. The lowest BCUT2D eigenvalue weighted by molar-refractivity contribution is 0.0925. The van der Waals surface area contributed by atoms with Crippen LogP contribution in [0.15, 0.2) is 6.07 Å². The molecule has 0 amide bonds. The summed E-state index contributed by atoms with van der Waals surface area (Å²) >= 11 is 0. The monoisotopic (exact) mass is 288 g/mol. The van der Waals surface area contributed by atoms with Crippen LogP contribution in [-0.4, -0.2) is 36.6 Å². The summed E-state index contributed by atoms with van der Waals surface area (Å²) in [7, 11) is 0. The number of rotatable bonds is 3. The van der Waals surface area contributed by atoms with Gasteiger partial charge in [0.15, 0.2) is 0 Å². The van der Waals surface area contributed by atoms with Crippen molar-refractivity contribution in [3.8, 4) is 0 Å². The molecule has 1 aromatic heterocycles. The number of amidine groups is 1. The second-order valence-electron chi connectivity index (χ2n) is 5.92. The van der Waals surface area contributed by atoms with Gasteiger partial charge >= 0.3 is 0 Å². The molecule has 2 aliphatic rings. The van der Waals surface area contributed by atoms with Gasteiger partial charge < -0.3 is 15.4 Å². The molecule has 1 saturated heterocycles. The van der Waals surface area contributed by atoms with Gasteiger partial charge in [-0.3, -0.25) is 5.41 Å². The minimum atomic E-state index is 0.118. The molecule has 0 radical (unpaired) electrons. The molecule has 1 aliphatic heterocycles. The van der Waals surface area contributed by atoms with E-state index in [-0.39, 0.29) is 5.84 Å². The van der Waals surface area contributed by atoms with E-state index in [1.54, 1.807) is 0 Å². The van der Waals surface area contributed by atoms with Crippen molar-refractivity contribution < 1.29 is 4.74 Å². The molecule has 2 heterocycles. The number of hydrogen-bond acceptors (Lipinski definition) is 4. The molecule has 0 spiro atoms. The van der Waals surface area contributed by atoms with Crippen LogP contribution in [0.5, 0.6) is 0 Å². The Labute approximate surface area is 126 Å². The highest BCUT2D eigenvalue weighted by atomic mass is 16.5. The average Bonchev–Trinajstić information content (AvgIpc) is 2.53. The van der Waals surface area contributed by atoms with Crippen molar-refractivity contribution in [1.82, 2.24) is 4.98 Å². The molecule has 5 nitrogen and oxygen atoms in total. The third kappa shape index (κ3) is 2.75. The van der Waals surface area contributed by atoms with Gasteiger partial charge in [-0.05, 0) is 43.7 Å². The maximum Gasteiger partial charge on any atom is 0.140 e. The van der Waals surface area contributed by atoms with Crippen LogP contribution in [-0.2, 0) is 17.6 Å². The molecule has 114 valence electrons. The van der Waals surface area contributed by atoms with Crippen LogP contribution in [0.2, 0.25) is 0 Å². The fraction of sp³-hybridized carbons (Fsp3) is 0.625. The lowest BCUT2D eigenvalue weighted by atomic mass is 9.94. The van der Waals surface area contributed by atoms with Crippen LogP contribution >= 0.6 is 0 Å². The number of aromatic nitrogens is 1. The van der Waals surface area contributed by atoms with Crippen molar-refractivity contribution in [2.24, 2.45) is 5.73 Å². The van der Waals surface area contributed by atoms with Gasteiger partial charge in [-0.15, -0.1) is 0 Å². The molecule has 3 rings (SSSR count). The Morgan fingerprint density at radius 3 is 3.05 bits per heavy atom. The maximum atomic E-state index is 7.92. The Balaban J connectivity index is 2.04. The first-order valence-electron chi connectivity index (χ1n) is 7.92. The first-order valence-corrected chi connectivity index (χ1v) is 7.92. The Hall–Kier alpha value is -1.62. The highest BCUT2D eigenvalue weighted by Gasteiger charge is 2.27. The van der Waals surface area contributed by atoms with E-state index in [9.17, 15) is 0 Å². The molecule has 3 N–H and O–H groups in total. The molecule has 0 aromatic carbocycles. The summed E-state index contributed by atoms with van der Waals surface area (Å²) in [4.78, 5) is 7.19. The number of morpholine rings is 1. The van der Waals surface area contributed by atoms with E-state index in [1.165, 1.54) is 24.1 Å². The van der Waals surface area contributed by atoms with Crippen molar-refractivity contribution in [3.05, 3.63) is 22.9 Å². The van der Waals surface area contributed by atoms with Gasteiger partial charge in [0.25, 0.3) is 0 Å². The van der Waals surface area contributed by atoms with E-state index in [0.717, 1.165) is 43.8 Å². The quantitative estimate of drug-likeness (QED) is 0.657. The molecule has 0 bridgehead atoms. The molecule has 21 heavy (non-hydrogen) atoms. The van der Waals surface area contributed by atoms with Crippen molar-refractivity contribution >= 4 is 11.7 Å². The molecule has 0 saturated carbocycles. The SMILES string of the molecule is CCC1COCCN1c1nc2c(cc1C(=N)N)CCCC2. The summed E-state index contributed by atoms with van der Waals surface area (Å²) in [6.07, 6.45) is 5.53. The molecule has 1 unspecified atom stereocenters. The topological polar surface area (TPSA) is 75.2 Å². The van der Waals surface area contributed by atoms with Crippen LogP contribution < -0.4 is 10.6 Å². The predicted molar refractivity (Wildman–Crippen MR) is 84.1 cm³/mol. The van der Waals surface area contributed by atoms with Crippen LogP contribution in [0.3, 0.4) is 0 Å². The molecular weight excluding hydrogens is 264 g/mol. The lowest BCUT2D eigenvalue weighted by Crippen LogP contribution is -2.46. The van der Waals surface area contributed by atoms with Crippen molar-refractivity contribution in [3.63, 3.8) is 0 Å². The third-order valence-electron chi connectivity index (χ3n) is 4.54. The molecule has 1 aromatic rings. The summed E-state index contributed by atoms with van der Waals surface area (Å²) in [5.74, 6) is 1.01. The zero-order valence-corrected chi connectivity index (χ0v) is 12.7. The lowest BCUT2D eigenvalue weighted by Gasteiger charge is -2.37. The third-order valence-corrected chi connectivity index (χ3v) is 4.54. The smallest absolute Gasteiger partial charge is 0.140 e. The zero-order chi connectivity index (χ0) is 14.8. The number of ether oxygens (including phenoxy) is 1. The number of nitrogens with one attached hydrogen (secondary N) is 1. The van der Waals surface area contributed by atoms with Crippen LogP contribution in [0.25, 0.3) is 0 Å². The Morgan fingerprint density at radius 1 is 1.48 bits per heavy atom. The fourth-order valence-corrected chi connectivity index (χ4v) is 3.31. The van der Waals surface area contributed by atoms with E-state index in [0.29, 0.717) is 12.6 Å². The maximum absolute atomic E-state index is 7.92. The highest BCUT2D eigenvalue weighted by molar-refractivity contribution is 6.00. The highest BCUT2D eigenvalue weighted by Crippen LogP contribution is 2.29. The van der Waals surface area contributed by atoms with Crippen molar-refractivity contribution in [2.75, 3.05) is 24.7 Å². The molecule has 1 atom stereocenters. The normalized spacial score (nSPS) is 22.0. The molecular formula is C16H24N4O. The predicted octanol–water partition coefficient (Wildman–Crippen LogP) is 1.86. The van der Waals surface area contributed by atoms with Crippen LogP contribution in [0, 0.1) is 5.41 Å². The summed E-state index contributed by atoms with van der Waals surface area (Å²) in [5.41, 5.74) is 9.09. The second kappa shape index (κ2) is 6.02.